The molecule has 0 aromatic carbocycles. The average Bonchev–Trinajstić information content (AvgIpc) is 3.10. The second kappa shape index (κ2) is 6.21. The van der Waals surface area contributed by atoms with Crippen molar-refractivity contribution >= 4 is 21.8 Å². The van der Waals surface area contributed by atoms with Crippen molar-refractivity contribution < 1.29 is 18.0 Å². The Morgan fingerprint density at radius 2 is 1.71 bits per heavy atom. The van der Waals surface area contributed by atoms with Gasteiger partial charge in [-0.3, -0.25) is 4.79 Å². The highest BCUT2D eigenvalue weighted by molar-refractivity contribution is 7.91. The number of urea groups is 1. The first-order valence-corrected chi connectivity index (χ1v) is 9.17. The molecule has 3 amide bonds. The van der Waals surface area contributed by atoms with E-state index in [0.717, 1.165) is 12.8 Å². The number of carbonyl (C=O) groups is 2. The van der Waals surface area contributed by atoms with Gasteiger partial charge in [0.2, 0.25) is 5.91 Å². The van der Waals surface area contributed by atoms with Crippen LogP contribution in [0.4, 0.5) is 4.79 Å². The predicted molar refractivity (Wildman–Crippen MR) is 78.5 cm³/mol. The highest BCUT2D eigenvalue weighted by Crippen LogP contribution is 2.19. The van der Waals surface area contributed by atoms with E-state index < -0.39 is 21.9 Å². The van der Waals surface area contributed by atoms with Gasteiger partial charge in [0.15, 0.2) is 9.84 Å². The van der Waals surface area contributed by atoms with E-state index in [4.69, 9.17) is 0 Å². The fourth-order valence-electron chi connectivity index (χ4n) is 2.33. The number of sulfone groups is 1. The minimum absolute atomic E-state index is 0.0268. The van der Waals surface area contributed by atoms with Crippen LogP contribution >= 0.6 is 0 Å². The van der Waals surface area contributed by atoms with E-state index in [1.807, 2.05) is 13.8 Å². The maximum Gasteiger partial charge on any atom is 0.315 e. The second-order valence-electron chi connectivity index (χ2n) is 6.22. The quantitative estimate of drug-likeness (QED) is 0.652. The molecule has 2 atom stereocenters. The van der Waals surface area contributed by atoms with Crippen LogP contribution in [0, 0.1) is 5.92 Å². The molecule has 0 aromatic heterocycles. The molecular formula is C13H23N3O4S. The Labute approximate surface area is 125 Å². The first-order valence-electron chi connectivity index (χ1n) is 7.34. The maximum atomic E-state index is 12.1. The van der Waals surface area contributed by atoms with Gasteiger partial charge in [0.1, 0.15) is 6.04 Å². The van der Waals surface area contributed by atoms with Gasteiger partial charge < -0.3 is 16.0 Å². The Kier molecular flexibility index (Phi) is 4.75. The summed E-state index contributed by atoms with van der Waals surface area (Å²) in [5.41, 5.74) is 0. The van der Waals surface area contributed by atoms with Gasteiger partial charge in [-0.05, 0) is 25.2 Å². The predicted octanol–water partition coefficient (Wildman–Crippen LogP) is -0.224. The molecule has 21 heavy (non-hydrogen) atoms. The molecule has 2 unspecified atom stereocenters. The van der Waals surface area contributed by atoms with Gasteiger partial charge in [-0.25, -0.2) is 13.2 Å². The van der Waals surface area contributed by atoms with Crippen LogP contribution in [-0.2, 0) is 14.6 Å². The normalized spacial score (nSPS) is 25.4. The van der Waals surface area contributed by atoms with Crippen molar-refractivity contribution in [2.75, 3.05) is 11.5 Å². The van der Waals surface area contributed by atoms with Crippen molar-refractivity contribution in [3.05, 3.63) is 0 Å². The SMILES string of the molecule is CC(C)C(NC(=O)NC1CCS(=O)(=O)C1)C(=O)NC1CC1. The van der Waals surface area contributed by atoms with Gasteiger partial charge in [0, 0.05) is 12.1 Å². The molecule has 1 heterocycles. The fourth-order valence-corrected chi connectivity index (χ4v) is 4.00. The minimum atomic E-state index is -3.03. The Morgan fingerprint density at radius 3 is 2.19 bits per heavy atom. The van der Waals surface area contributed by atoms with Gasteiger partial charge >= 0.3 is 6.03 Å². The Hall–Kier alpha value is -1.31. The smallest absolute Gasteiger partial charge is 0.315 e. The molecule has 3 N–H and O–H groups in total. The lowest BCUT2D eigenvalue weighted by Crippen LogP contribution is -2.54. The molecule has 0 radical (unpaired) electrons. The number of hydrogen-bond donors (Lipinski definition) is 3. The Morgan fingerprint density at radius 1 is 1.05 bits per heavy atom. The number of nitrogens with one attached hydrogen (secondary N) is 3. The van der Waals surface area contributed by atoms with Crippen LogP contribution in [0.5, 0.6) is 0 Å². The summed E-state index contributed by atoms with van der Waals surface area (Å²) < 4.78 is 22.7. The summed E-state index contributed by atoms with van der Waals surface area (Å²) in [6.45, 7) is 3.72. The van der Waals surface area contributed by atoms with E-state index in [1.165, 1.54) is 0 Å². The summed E-state index contributed by atoms with van der Waals surface area (Å²) in [6, 6.07) is -1.22. The minimum Gasteiger partial charge on any atom is -0.352 e. The van der Waals surface area contributed by atoms with Crippen molar-refractivity contribution in [3.8, 4) is 0 Å². The van der Waals surface area contributed by atoms with Crippen molar-refractivity contribution in [2.24, 2.45) is 5.92 Å². The van der Waals surface area contributed by atoms with Gasteiger partial charge in [-0.2, -0.15) is 0 Å². The number of amides is 3. The third-order valence-electron chi connectivity index (χ3n) is 3.73. The molecule has 1 aliphatic heterocycles. The average molecular weight is 317 g/mol. The van der Waals surface area contributed by atoms with E-state index in [9.17, 15) is 18.0 Å². The van der Waals surface area contributed by atoms with Crippen molar-refractivity contribution in [1.82, 2.24) is 16.0 Å². The van der Waals surface area contributed by atoms with Gasteiger partial charge in [-0.15, -0.1) is 0 Å². The zero-order valence-electron chi connectivity index (χ0n) is 12.4. The summed E-state index contributed by atoms with van der Waals surface area (Å²) in [7, 11) is -3.03. The molecule has 0 bridgehead atoms. The van der Waals surface area contributed by atoms with Crippen LogP contribution in [0.25, 0.3) is 0 Å². The molecule has 0 aromatic rings. The largest absolute Gasteiger partial charge is 0.352 e. The molecular weight excluding hydrogens is 294 g/mol. The van der Waals surface area contributed by atoms with E-state index >= 15 is 0 Å². The molecule has 2 fully saturated rings. The van der Waals surface area contributed by atoms with E-state index in [1.54, 1.807) is 0 Å². The first kappa shape index (κ1) is 16.1. The van der Waals surface area contributed by atoms with Gasteiger partial charge in [0.25, 0.3) is 0 Å². The summed E-state index contributed by atoms with van der Waals surface area (Å²) >= 11 is 0. The molecule has 1 saturated heterocycles. The van der Waals surface area contributed by atoms with Gasteiger partial charge in [-0.1, -0.05) is 13.8 Å². The number of rotatable bonds is 5. The molecule has 120 valence electrons. The standard InChI is InChI=1S/C13H23N3O4S/c1-8(2)11(12(17)14-9-3-4-9)16-13(18)15-10-5-6-21(19,20)7-10/h8-11H,3-7H2,1-2H3,(H,14,17)(H2,15,16,18). The monoisotopic (exact) mass is 317 g/mol. The Balaban J connectivity index is 1.84. The van der Waals surface area contributed by atoms with Crippen LogP contribution in [0.2, 0.25) is 0 Å². The summed E-state index contributed by atoms with van der Waals surface area (Å²) in [4.78, 5) is 24.0. The lowest BCUT2D eigenvalue weighted by atomic mass is 10.0. The fraction of sp³-hybridized carbons (Fsp3) is 0.846. The molecule has 0 spiro atoms. The Bertz CT molecular complexity index is 514. The molecule has 7 nitrogen and oxygen atoms in total. The number of carbonyl (C=O) groups excluding carboxylic acids is 2. The van der Waals surface area contributed by atoms with Crippen LogP contribution in [-0.4, -0.2) is 50.0 Å². The topological polar surface area (TPSA) is 104 Å². The van der Waals surface area contributed by atoms with Crippen molar-refractivity contribution in [2.45, 2.75) is 51.2 Å². The van der Waals surface area contributed by atoms with Gasteiger partial charge in [0.05, 0.1) is 11.5 Å². The van der Waals surface area contributed by atoms with E-state index in [0.29, 0.717) is 6.42 Å². The van der Waals surface area contributed by atoms with Crippen LogP contribution in [0.3, 0.4) is 0 Å². The van der Waals surface area contributed by atoms with E-state index in [2.05, 4.69) is 16.0 Å². The summed E-state index contributed by atoms with van der Waals surface area (Å²) in [5, 5.41) is 8.15. The van der Waals surface area contributed by atoms with Crippen LogP contribution in [0.1, 0.15) is 33.1 Å². The molecule has 2 aliphatic rings. The van der Waals surface area contributed by atoms with E-state index in [-0.39, 0.29) is 35.4 Å². The summed E-state index contributed by atoms with van der Waals surface area (Å²) in [6.07, 6.45) is 2.40. The first-order chi connectivity index (χ1) is 9.77. The van der Waals surface area contributed by atoms with Crippen LogP contribution in [0.15, 0.2) is 0 Å². The zero-order valence-corrected chi connectivity index (χ0v) is 13.2. The van der Waals surface area contributed by atoms with Crippen molar-refractivity contribution in [1.29, 1.82) is 0 Å². The highest BCUT2D eigenvalue weighted by Gasteiger charge is 2.32. The second-order valence-corrected chi connectivity index (χ2v) is 8.45. The molecule has 2 rings (SSSR count). The number of hydrogen-bond acceptors (Lipinski definition) is 4. The third-order valence-corrected chi connectivity index (χ3v) is 5.50. The van der Waals surface area contributed by atoms with Crippen LogP contribution < -0.4 is 16.0 Å². The summed E-state index contributed by atoms with van der Waals surface area (Å²) in [5.74, 6) is -0.141. The third kappa shape index (κ3) is 4.87. The highest BCUT2D eigenvalue weighted by atomic mass is 32.2. The molecule has 1 saturated carbocycles. The van der Waals surface area contributed by atoms with Crippen molar-refractivity contribution in [3.63, 3.8) is 0 Å². The molecule has 1 aliphatic carbocycles. The lowest BCUT2D eigenvalue weighted by molar-refractivity contribution is -0.124. The zero-order chi connectivity index (χ0) is 15.6. The molecule has 8 heteroatoms. The lowest BCUT2D eigenvalue weighted by Gasteiger charge is -2.23. The maximum absolute atomic E-state index is 12.1.